The van der Waals surface area contributed by atoms with Gasteiger partial charge in [-0.1, -0.05) is 171 Å². The zero-order valence-electron chi connectivity index (χ0n) is 38.9. The highest BCUT2D eigenvalue weighted by Crippen LogP contribution is 2.59. The fourth-order valence-electron chi connectivity index (χ4n) is 11.7. The Bertz CT molecular complexity index is 3650. The maximum atomic E-state index is 7.36. The van der Waals surface area contributed by atoms with Crippen LogP contribution in [0.4, 0.5) is 28.6 Å². The molecule has 0 amide bonds. The van der Waals surface area contributed by atoms with Crippen molar-refractivity contribution in [2.24, 2.45) is 0 Å². The molecule has 4 nitrogen and oxygen atoms in total. The number of furan rings is 2. The molecule has 66 heavy (non-hydrogen) atoms. The van der Waals surface area contributed by atoms with Crippen molar-refractivity contribution >= 4 is 79.3 Å². The van der Waals surface area contributed by atoms with Crippen LogP contribution in [0.25, 0.3) is 66.3 Å². The molecule has 1 aliphatic carbocycles. The van der Waals surface area contributed by atoms with E-state index in [2.05, 4.69) is 229 Å². The minimum Gasteiger partial charge on any atom is -0.454 e. The zero-order chi connectivity index (χ0) is 45.0. The Kier molecular flexibility index (Phi) is 7.96. The molecule has 2 aromatic heterocycles. The Labute approximate surface area is 387 Å². The van der Waals surface area contributed by atoms with Crippen LogP contribution in [0, 0.1) is 0 Å². The van der Waals surface area contributed by atoms with Gasteiger partial charge >= 0.3 is 6.85 Å². The van der Waals surface area contributed by atoms with Gasteiger partial charge in [0.1, 0.15) is 11.2 Å². The van der Waals surface area contributed by atoms with E-state index in [1.54, 1.807) is 0 Å². The average molecular weight is 855 g/mol. The van der Waals surface area contributed by atoms with E-state index < -0.39 is 0 Å². The summed E-state index contributed by atoms with van der Waals surface area (Å²) in [5.74, 6) is 0.807. The number of hydrogen-bond donors (Lipinski definition) is 0. The van der Waals surface area contributed by atoms with Gasteiger partial charge < -0.3 is 13.6 Å². The molecule has 10 aromatic rings. The second-order valence-corrected chi connectivity index (χ2v) is 21.3. The average Bonchev–Trinajstić information content (AvgIpc) is 3.96. The van der Waals surface area contributed by atoms with Crippen molar-refractivity contribution in [2.45, 2.75) is 71.6 Å². The van der Waals surface area contributed by atoms with Crippen LogP contribution < -0.4 is 20.6 Å². The molecular formula is C61H51BN2O2. The predicted molar refractivity (Wildman–Crippen MR) is 278 cm³/mol. The summed E-state index contributed by atoms with van der Waals surface area (Å²) >= 11 is 0. The maximum Gasteiger partial charge on any atom is 0.337 e. The Morgan fingerprint density at radius 3 is 1.88 bits per heavy atom. The molecule has 0 fully saturated rings. The van der Waals surface area contributed by atoms with Crippen molar-refractivity contribution in [2.75, 3.05) is 9.71 Å². The van der Waals surface area contributed by atoms with E-state index in [4.69, 9.17) is 8.83 Å². The van der Waals surface area contributed by atoms with E-state index in [0.717, 1.165) is 72.4 Å². The summed E-state index contributed by atoms with van der Waals surface area (Å²) in [5, 5.41) is 3.29. The number of fused-ring (bicyclic) bond motifs is 14. The van der Waals surface area contributed by atoms with Gasteiger partial charge in [0.05, 0.1) is 11.4 Å². The maximum absolute atomic E-state index is 7.36. The third-order valence-electron chi connectivity index (χ3n) is 15.0. The summed E-state index contributed by atoms with van der Waals surface area (Å²) < 4.78 is 14.6. The molecular weight excluding hydrogens is 803 g/mol. The molecule has 5 heteroatoms. The van der Waals surface area contributed by atoms with Gasteiger partial charge in [0.25, 0.3) is 0 Å². The smallest absolute Gasteiger partial charge is 0.337 e. The molecule has 3 aliphatic rings. The van der Waals surface area contributed by atoms with Crippen molar-refractivity contribution < 1.29 is 8.83 Å². The number of nitrogens with zero attached hydrogens (tertiary/aromatic N) is 2. The van der Waals surface area contributed by atoms with E-state index in [-0.39, 0.29) is 23.1 Å². The largest absolute Gasteiger partial charge is 0.454 e. The molecule has 0 atom stereocenters. The quantitative estimate of drug-likeness (QED) is 0.166. The topological polar surface area (TPSA) is 32.8 Å². The van der Waals surface area contributed by atoms with Crippen LogP contribution >= 0.6 is 0 Å². The van der Waals surface area contributed by atoms with Gasteiger partial charge in [-0.3, -0.25) is 4.90 Å². The molecule has 0 unspecified atom stereocenters. The van der Waals surface area contributed by atoms with Gasteiger partial charge in [0, 0.05) is 49.5 Å². The first-order valence-electron chi connectivity index (χ1n) is 23.5. The van der Waals surface area contributed by atoms with Crippen LogP contribution in [0.5, 0.6) is 0 Å². The molecule has 320 valence electrons. The Morgan fingerprint density at radius 1 is 0.500 bits per heavy atom. The molecule has 0 spiro atoms. The molecule has 0 radical (unpaired) electrons. The van der Waals surface area contributed by atoms with E-state index in [1.165, 1.54) is 55.7 Å². The van der Waals surface area contributed by atoms with E-state index in [1.807, 2.05) is 0 Å². The van der Waals surface area contributed by atoms with Gasteiger partial charge in [0.15, 0.2) is 5.58 Å². The van der Waals surface area contributed by atoms with Gasteiger partial charge in [-0.05, 0) is 109 Å². The van der Waals surface area contributed by atoms with Gasteiger partial charge in [-0.25, -0.2) is 0 Å². The van der Waals surface area contributed by atoms with Crippen LogP contribution in [0.3, 0.4) is 0 Å². The number of benzene rings is 8. The number of rotatable bonds is 3. The highest BCUT2D eigenvalue weighted by atomic mass is 16.4. The van der Waals surface area contributed by atoms with Crippen molar-refractivity contribution in [3.05, 3.63) is 186 Å². The first-order chi connectivity index (χ1) is 31.8. The summed E-state index contributed by atoms with van der Waals surface area (Å²) in [6.07, 6.45) is 0. The standard InChI is InChI=1S/C61H51BN2O2/c1-59(2,3)37-26-29-39(30-27-37)64-49-33-31-42-40-20-12-15-23-47(40)61(7,8)53(42)52(49)46-35-45-41-21-13-16-24-50(41)65-57(45)56-54(46)62(64)55-43-22-14-17-25-51(43)66-58(55)63(56)48-32-28-38(60(4,5)6)34-44(48)36-18-10-9-11-19-36/h9-35H,1-8H3. The van der Waals surface area contributed by atoms with Crippen LogP contribution in [0.15, 0.2) is 173 Å². The molecule has 8 aromatic carbocycles. The lowest BCUT2D eigenvalue weighted by atomic mass is 9.43. The summed E-state index contributed by atoms with van der Waals surface area (Å²) in [7, 11) is 0. The minimum absolute atomic E-state index is 0.000103. The van der Waals surface area contributed by atoms with Crippen LogP contribution in [-0.2, 0) is 16.2 Å². The molecule has 2 aliphatic heterocycles. The van der Waals surface area contributed by atoms with Crippen LogP contribution in [-0.4, -0.2) is 6.85 Å². The Morgan fingerprint density at radius 2 is 1.14 bits per heavy atom. The van der Waals surface area contributed by atoms with E-state index in [9.17, 15) is 0 Å². The third kappa shape index (κ3) is 5.34. The molecule has 0 bridgehead atoms. The van der Waals surface area contributed by atoms with Gasteiger partial charge in [-0.15, -0.1) is 0 Å². The van der Waals surface area contributed by atoms with E-state index in [0.29, 0.717) is 0 Å². The summed E-state index contributed by atoms with van der Waals surface area (Å²) in [6, 6.07) is 60.7. The molecule has 0 N–H and O–H groups in total. The first-order valence-corrected chi connectivity index (χ1v) is 23.5. The fraction of sp³-hybridized carbons (Fsp3) is 0.180. The van der Waals surface area contributed by atoms with Crippen LogP contribution in [0.2, 0.25) is 0 Å². The fourth-order valence-corrected chi connectivity index (χ4v) is 11.7. The van der Waals surface area contributed by atoms with Crippen molar-refractivity contribution in [1.29, 1.82) is 0 Å². The number of hydrogen-bond acceptors (Lipinski definition) is 4. The molecule has 0 saturated carbocycles. The van der Waals surface area contributed by atoms with Crippen LogP contribution in [0.1, 0.15) is 77.6 Å². The molecule has 13 rings (SSSR count). The SMILES string of the molecule is CC(C)(C)c1ccc(N2B3c4c(cc5c(oc6ccccc65)c4N(c4ccc(C(C)(C)C)cc4-c4ccccc4)c4oc5ccccc5c43)-c3c2ccc2c3C(C)(C)c3ccccc3-2)cc1. The highest BCUT2D eigenvalue weighted by molar-refractivity contribution is 6.95. The van der Waals surface area contributed by atoms with Crippen molar-refractivity contribution in [3.8, 4) is 33.4 Å². The van der Waals surface area contributed by atoms with Gasteiger partial charge in [0.2, 0.25) is 5.88 Å². The lowest BCUT2D eigenvalue weighted by molar-refractivity contribution is 0.590. The first kappa shape index (κ1) is 39.2. The third-order valence-corrected chi connectivity index (χ3v) is 15.0. The van der Waals surface area contributed by atoms with E-state index >= 15 is 0 Å². The highest BCUT2D eigenvalue weighted by Gasteiger charge is 2.52. The second kappa shape index (κ2) is 13.4. The molecule has 4 heterocycles. The van der Waals surface area contributed by atoms with Crippen molar-refractivity contribution in [3.63, 3.8) is 0 Å². The lowest BCUT2D eigenvalue weighted by Gasteiger charge is -2.45. The number of anilines is 5. The monoisotopic (exact) mass is 854 g/mol. The van der Waals surface area contributed by atoms with Crippen molar-refractivity contribution in [1.82, 2.24) is 0 Å². The predicted octanol–water partition coefficient (Wildman–Crippen LogP) is 15.6. The minimum atomic E-state index is -0.280. The normalized spacial score (nSPS) is 14.7. The summed E-state index contributed by atoms with van der Waals surface area (Å²) in [6.45, 7) is 18.3. The lowest BCUT2D eigenvalue weighted by Crippen LogP contribution is -2.61. The second-order valence-electron chi connectivity index (χ2n) is 21.3. The number of para-hydroxylation sites is 2. The Balaban J connectivity index is 1.24. The summed E-state index contributed by atoms with van der Waals surface area (Å²) in [4.78, 5) is 5.06. The summed E-state index contributed by atoms with van der Waals surface area (Å²) in [5.41, 5.74) is 21.6. The van der Waals surface area contributed by atoms with Gasteiger partial charge in [-0.2, -0.15) is 0 Å². The zero-order valence-corrected chi connectivity index (χ0v) is 38.9. The molecule has 0 saturated heterocycles. The Hall–Kier alpha value is -7.24.